The van der Waals surface area contributed by atoms with Crippen LogP contribution in [0.25, 0.3) is 11.1 Å². The van der Waals surface area contributed by atoms with E-state index in [4.69, 9.17) is 0 Å². The topological polar surface area (TPSA) is 70.5 Å². The molecule has 1 aliphatic heterocycles. The summed E-state index contributed by atoms with van der Waals surface area (Å²) in [6.07, 6.45) is 2.19. The normalized spacial score (nSPS) is 23.0. The molecule has 0 bridgehead atoms. The Morgan fingerprint density at radius 1 is 0.902 bits per heavy atom. The molecule has 2 fully saturated rings. The van der Waals surface area contributed by atoms with Gasteiger partial charge in [0, 0.05) is 43.3 Å². The number of likely N-dealkylation sites (tertiary alicyclic amines) is 1. The van der Waals surface area contributed by atoms with Crippen molar-refractivity contribution in [1.82, 2.24) is 9.88 Å². The van der Waals surface area contributed by atoms with Crippen molar-refractivity contribution in [2.75, 3.05) is 13.1 Å². The Hall–Kier alpha value is -3.52. The summed E-state index contributed by atoms with van der Waals surface area (Å²) < 4.78 is 38.8. The maximum Gasteiger partial charge on any atom is 0.416 e. The highest BCUT2D eigenvalue weighted by molar-refractivity contribution is 5.98. The molecule has 1 aliphatic carbocycles. The molecule has 2 heterocycles. The van der Waals surface area contributed by atoms with Gasteiger partial charge in [0.05, 0.1) is 11.3 Å². The molecule has 1 amide bonds. The summed E-state index contributed by atoms with van der Waals surface area (Å²) in [6.45, 7) is 1.27. The number of Topliss-reactive ketones (excluding diaryl/α,β-unsaturated/α-hetero) is 1. The molecule has 8 heteroatoms. The lowest BCUT2D eigenvalue weighted by molar-refractivity contribution is -0.137. The van der Waals surface area contributed by atoms with Crippen LogP contribution in [0.5, 0.6) is 0 Å². The fourth-order valence-corrected chi connectivity index (χ4v) is 6.23. The van der Waals surface area contributed by atoms with Gasteiger partial charge in [-0.25, -0.2) is 0 Å². The van der Waals surface area contributed by atoms with Crippen molar-refractivity contribution in [1.29, 1.82) is 0 Å². The Kier molecular flexibility index (Phi) is 8.59. The second-order valence-electron chi connectivity index (χ2n) is 11.5. The molecule has 1 atom stereocenters. The van der Waals surface area contributed by atoms with Crippen LogP contribution in [0.15, 0.2) is 72.9 Å². The van der Waals surface area contributed by atoms with Gasteiger partial charge >= 0.3 is 6.18 Å². The highest BCUT2D eigenvalue weighted by Crippen LogP contribution is 2.42. The number of hydrogen-bond acceptors (Lipinski definition) is 4. The first-order valence-electron chi connectivity index (χ1n) is 14.3. The van der Waals surface area contributed by atoms with E-state index in [0.717, 1.165) is 48.9 Å². The molecule has 1 saturated carbocycles. The number of halogens is 3. The van der Waals surface area contributed by atoms with Crippen LogP contribution < -0.4 is 0 Å². The largest absolute Gasteiger partial charge is 0.416 e. The first-order chi connectivity index (χ1) is 19.6. The number of aromatic nitrogens is 1. The number of aliphatic hydroxyl groups is 1. The summed E-state index contributed by atoms with van der Waals surface area (Å²) in [7, 11) is 0. The van der Waals surface area contributed by atoms with Crippen molar-refractivity contribution < 1.29 is 27.9 Å². The zero-order chi connectivity index (χ0) is 29.0. The van der Waals surface area contributed by atoms with Crippen LogP contribution in [0, 0.1) is 11.8 Å². The lowest BCUT2D eigenvalue weighted by Gasteiger charge is -2.36. The van der Waals surface area contributed by atoms with E-state index in [0.29, 0.717) is 43.5 Å². The van der Waals surface area contributed by atoms with E-state index in [1.807, 2.05) is 48.7 Å². The lowest BCUT2D eigenvalue weighted by atomic mass is 9.74. The van der Waals surface area contributed by atoms with Gasteiger partial charge in [0.2, 0.25) is 5.91 Å². The molecule has 0 spiro atoms. The molecular weight excluding hydrogens is 529 g/mol. The van der Waals surface area contributed by atoms with Crippen LogP contribution in [0.3, 0.4) is 0 Å². The van der Waals surface area contributed by atoms with Gasteiger partial charge in [-0.1, -0.05) is 48.5 Å². The zero-order valence-corrected chi connectivity index (χ0v) is 22.9. The number of nitrogens with zero attached hydrogens (tertiary/aromatic N) is 2. The van der Waals surface area contributed by atoms with Crippen molar-refractivity contribution in [3.63, 3.8) is 0 Å². The number of carbonyl (C=O) groups is 2. The standard InChI is InChI=1S/C33H35F3N2O3/c34-33(35,36)28-8-4-7-26(20-28)29(39)10-12-31(40)38-18-15-24(22-38)19-23-13-16-32(41,17-14-23)30-11-9-27(21-37-30)25-5-2-1-3-6-25/h1-9,11,20-21,23-24,41H,10,12-19,22H2. The van der Waals surface area contributed by atoms with Gasteiger partial charge in [-0.2, -0.15) is 13.2 Å². The summed E-state index contributed by atoms with van der Waals surface area (Å²) in [6, 6.07) is 18.3. The third-order valence-electron chi connectivity index (χ3n) is 8.66. The summed E-state index contributed by atoms with van der Waals surface area (Å²) >= 11 is 0. The number of ketones is 1. The van der Waals surface area contributed by atoms with E-state index in [1.165, 1.54) is 12.1 Å². The second kappa shape index (κ2) is 12.1. The van der Waals surface area contributed by atoms with Crippen LogP contribution in [0.4, 0.5) is 13.2 Å². The minimum Gasteiger partial charge on any atom is -0.384 e. The highest BCUT2D eigenvalue weighted by atomic mass is 19.4. The molecule has 41 heavy (non-hydrogen) atoms. The second-order valence-corrected chi connectivity index (χ2v) is 11.5. The van der Waals surface area contributed by atoms with Crippen molar-refractivity contribution in [3.05, 3.63) is 89.7 Å². The van der Waals surface area contributed by atoms with E-state index >= 15 is 0 Å². The number of hydrogen-bond donors (Lipinski definition) is 1. The Balaban J connectivity index is 1.06. The minimum atomic E-state index is -4.52. The van der Waals surface area contributed by atoms with E-state index < -0.39 is 23.1 Å². The summed E-state index contributed by atoms with van der Waals surface area (Å²) in [5.74, 6) is 0.258. The average molecular weight is 565 g/mol. The molecule has 1 N–H and O–H groups in total. The van der Waals surface area contributed by atoms with Gasteiger partial charge in [0.25, 0.3) is 0 Å². The van der Waals surface area contributed by atoms with Crippen LogP contribution in [-0.4, -0.2) is 39.8 Å². The molecular formula is C33H35F3N2O3. The van der Waals surface area contributed by atoms with Gasteiger partial charge in [-0.05, 0) is 74.1 Å². The Labute approximate surface area is 238 Å². The molecule has 5 rings (SSSR count). The van der Waals surface area contributed by atoms with Gasteiger partial charge < -0.3 is 10.0 Å². The molecule has 3 aromatic rings. The number of pyridine rings is 1. The first-order valence-corrected chi connectivity index (χ1v) is 14.3. The Morgan fingerprint density at radius 3 is 2.34 bits per heavy atom. The van der Waals surface area contributed by atoms with Gasteiger partial charge in [0.1, 0.15) is 5.60 Å². The molecule has 5 nitrogen and oxygen atoms in total. The van der Waals surface area contributed by atoms with Gasteiger partial charge in [0.15, 0.2) is 5.78 Å². The number of rotatable bonds is 8. The van der Waals surface area contributed by atoms with Crippen LogP contribution in [-0.2, 0) is 16.6 Å². The average Bonchev–Trinajstić information content (AvgIpc) is 3.46. The highest BCUT2D eigenvalue weighted by Gasteiger charge is 2.38. The molecule has 1 saturated heterocycles. The molecule has 0 radical (unpaired) electrons. The number of amides is 1. The van der Waals surface area contributed by atoms with Crippen LogP contribution >= 0.6 is 0 Å². The third-order valence-corrected chi connectivity index (χ3v) is 8.66. The summed E-state index contributed by atoms with van der Waals surface area (Å²) in [5.41, 5.74) is 1.02. The lowest BCUT2D eigenvalue weighted by Crippen LogP contribution is -2.33. The van der Waals surface area contributed by atoms with Crippen LogP contribution in [0.1, 0.15) is 73.0 Å². The molecule has 2 aliphatic rings. The molecule has 216 valence electrons. The maximum atomic E-state index is 12.9. The Bertz CT molecular complexity index is 1350. The molecule has 2 aromatic carbocycles. The number of alkyl halides is 3. The fourth-order valence-electron chi connectivity index (χ4n) is 6.23. The van der Waals surface area contributed by atoms with E-state index in [-0.39, 0.29) is 24.3 Å². The van der Waals surface area contributed by atoms with Gasteiger partial charge in [-0.3, -0.25) is 14.6 Å². The SMILES string of the molecule is O=C(CCC(=O)N1CCC(CC2CCC(O)(c3ccc(-c4ccccc4)cn3)CC2)C1)c1cccc(C(F)(F)F)c1. The fraction of sp³-hybridized carbons (Fsp3) is 0.424. The maximum absolute atomic E-state index is 12.9. The summed E-state index contributed by atoms with van der Waals surface area (Å²) in [4.78, 5) is 31.6. The number of carbonyl (C=O) groups excluding carboxylic acids is 2. The monoisotopic (exact) mass is 564 g/mol. The van der Waals surface area contributed by atoms with E-state index in [9.17, 15) is 27.9 Å². The predicted molar refractivity (Wildman–Crippen MR) is 150 cm³/mol. The first kappa shape index (κ1) is 29.0. The third kappa shape index (κ3) is 7.04. The van der Waals surface area contributed by atoms with E-state index in [2.05, 4.69) is 4.98 Å². The zero-order valence-electron chi connectivity index (χ0n) is 22.9. The molecule has 1 unspecified atom stereocenters. The Morgan fingerprint density at radius 2 is 1.66 bits per heavy atom. The quantitative estimate of drug-likeness (QED) is 0.298. The van der Waals surface area contributed by atoms with Crippen LogP contribution in [0.2, 0.25) is 0 Å². The smallest absolute Gasteiger partial charge is 0.384 e. The predicted octanol–water partition coefficient (Wildman–Crippen LogP) is 7.05. The van der Waals surface area contributed by atoms with E-state index in [1.54, 1.807) is 4.90 Å². The molecule has 1 aromatic heterocycles. The summed E-state index contributed by atoms with van der Waals surface area (Å²) in [5, 5.41) is 11.3. The van der Waals surface area contributed by atoms with Crippen molar-refractivity contribution in [3.8, 4) is 11.1 Å². The van der Waals surface area contributed by atoms with Gasteiger partial charge in [-0.15, -0.1) is 0 Å². The van der Waals surface area contributed by atoms with Crippen molar-refractivity contribution in [2.24, 2.45) is 11.8 Å². The van der Waals surface area contributed by atoms with Crippen molar-refractivity contribution >= 4 is 11.7 Å². The number of benzene rings is 2. The minimum absolute atomic E-state index is 0.00563. The van der Waals surface area contributed by atoms with Crippen molar-refractivity contribution in [2.45, 2.75) is 63.1 Å².